The van der Waals surface area contributed by atoms with Gasteiger partial charge in [0.15, 0.2) is 6.10 Å². The molecule has 0 unspecified atom stereocenters. The fourth-order valence-corrected chi connectivity index (χ4v) is 6.27. The molecule has 0 heterocycles. The molecular formula is C43H82O6. The van der Waals surface area contributed by atoms with Crippen molar-refractivity contribution in [2.45, 2.75) is 239 Å². The number of carbonyl (C=O) groups excluding carboxylic acids is 3. The van der Waals surface area contributed by atoms with E-state index in [2.05, 4.69) is 27.7 Å². The first-order valence-electron chi connectivity index (χ1n) is 21.4. The van der Waals surface area contributed by atoms with E-state index in [4.69, 9.17) is 14.2 Å². The average Bonchev–Trinajstić information content (AvgIpc) is 3.08. The number of ether oxygens (including phenoxy) is 3. The van der Waals surface area contributed by atoms with E-state index in [1.807, 2.05) is 0 Å². The van der Waals surface area contributed by atoms with Crippen molar-refractivity contribution in [1.82, 2.24) is 0 Å². The number of unbranched alkanes of at least 4 members (excludes halogenated alkanes) is 25. The van der Waals surface area contributed by atoms with Gasteiger partial charge in [-0.2, -0.15) is 0 Å². The van der Waals surface area contributed by atoms with Crippen molar-refractivity contribution in [3.63, 3.8) is 0 Å². The lowest BCUT2D eigenvalue weighted by atomic mass is 10.0. The van der Waals surface area contributed by atoms with Gasteiger partial charge < -0.3 is 14.2 Å². The van der Waals surface area contributed by atoms with Gasteiger partial charge in [-0.15, -0.1) is 0 Å². The van der Waals surface area contributed by atoms with Crippen LogP contribution in [0.15, 0.2) is 0 Å². The van der Waals surface area contributed by atoms with Crippen LogP contribution >= 0.6 is 0 Å². The molecule has 6 heteroatoms. The smallest absolute Gasteiger partial charge is 0.306 e. The quantitative estimate of drug-likeness (QED) is 0.0364. The summed E-state index contributed by atoms with van der Waals surface area (Å²) in [6.45, 7) is 8.89. The van der Waals surface area contributed by atoms with Gasteiger partial charge in [-0.1, -0.05) is 195 Å². The Morgan fingerprint density at radius 1 is 0.388 bits per heavy atom. The maximum atomic E-state index is 12.6. The maximum absolute atomic E-state index is 12.6. The highest BCUT2D eigenvalue weighted by atomic mass is 16.6. The van der Waals surface area contributed by atoms with Crippen molar-refractivity contribution in [3.05, 3.63) is 0 Å². The lowest BCUT2D eigenvalue weighted by Crippen LogP contribution is -2.30. The molecule has 0 aliphatic heterocycles. The fraction of sp³-hybridized carbons (Fsp3) is 0.930. The van der Waals surface area contributed by atoms with Crippen molar-refractivity contribution < 1.29 is 28.6 Å². The second-order valence-corrected chi connectivity index (χ2v) is 15.1. The van der Waals surface area contributed by atoms with Crippen LogP contribution < -0.4 is 0 Å². The van der Waals surface area contributed by atoms with E-state index < -0.39 is 6.10 Å². The zero-order chi connectivity index (χ0) is 36.0. The van der Waals surface area contributed by atoms with E-state index in [0.717, 1.165) is 70.1 Å². The van der Waals surface area contributed by atoms with Crippen molar-refractivity contribution in [3.8, 4) is 0 Å². The molecule has 0 aromatic carbocycles. The monoisotopic (exact) mass is 695 g/mol. The van der Waals surface area contributed by atoms with Gasteiger partial charge in [0.2, 0.25) is 0 Å². The molecular weight excluding hydrogens is 612 g/mol. The minimum atomic E-state index is -0.757. The molecule has 6 nitrogen and oxygen atoms in total. The normalized spacial score (nSPS) is 11.9. The Labute approximate surface area is 304 Å². The molecule has 290 valence electrons. The van der Waals surface area contributed by atoms with Crippen molar-refractivity contribution >= 4 is 17.9 Å². The van der Waals surface area contributed by atoms with Gasteiger partial charge >= 0.3 is 17.9 Å². The first-order chi connectivity index (χ1) is 23.9. The Hall–Kier alpha value is -1.59. The van der Waals surface area contributed by atoms with E-state index in [-0.39, 0.29) is 31.1 Å². The molecule has 0 aromatic rings. The fourth-order valence-electron chi connectivity index (χ4n) is 6.27. The molecule has 0 amide bonds. The van der Waals surface area contributed by atoms with E-state index >= 15 is 0 Å². The van der Waals surface area contributed by atoms with E-state index in [9.17, 15) is 14.4 Å². The van der Waals surface area contributed by atoms with E-state index in [1.165, 1.54) is 122 Å². The second kappa shape index (κ2) is 37.7. The Morgan fingerprint density at radius 3 is 1.00 bits per heavy atom. The zero-order valence-electron chi connectivity index (χ0n) is 33.1. The standard InChI is InChI=1S/C43H82O6/c1-5-7-9-11-12-13-14-15-16-21-24-28-32-36-43(46)49-40(37-47-41(44)34-30-25-10-8-6-2)38-48-42(45)35-31-27-23-20-18-17-19-22-26-29-33-39(3)4/h39-40H,5-38H2,1-4H3/t40-/m1/s1. The molecule has 0 aliphatic carbocycles. The van der Waals surface area contributed by atoms with E-state index in [1.54, 1.807) is 0 Å². The Bertz CT molecular complexity index is 736. The third-order valence-corrected chi connectivity index (χ3v) is 9.54. The van der Waals surface area contributed by atoms with Gasteiger partial charge in [0, 0.05) is 19.3 Å². The van der Waals surface area contributed by atoms with Gasteiger partial charge in [-0.05, 0) is 25.2 Å². The highest BCUT2D eigenvalue weighted by molar-refractivity contribution is 5.71. The van der Waals surface area contributed by atoms with Crippen LogP contribution in [0.5, 0.6) is 0 Å². The van der Waals surface area contributed by atoms with Gasteiger partial charge in [-0.3, -0.25) is 14.4 Å². The summed E-state index contributed by atoms with van der Waals surface area (Å²) in [5, 5.41) is 0. The summed E-state index contributed by atoms with van der Waals surface area (Å²) in [5.74, 6) is -0.0534. The summed E-state index contributed by atoms with van der Waals surface area (Å²) in [6.07, 6.45) is 35.4. The first-order valence-corrected chi connectivity index (χ1v) is 21.4. The summed E-state index contributed by atoms with van der Waals surface area (Å²) in [5.41, 5.74) is 0. The van der Waals surface area contributed by atoms with Gasteiger partial charge in [0.25, 0.3) is 0 Å². The van der Waals surface area contributed by atoms with Crippen LogP contribution in [0.1, 0.15) is 233 Å². The molecule has 0 aliphatic rings. The summed E-state index contributed by atoms with van der Waals surface area (Å²) in [7, 11) is 0. The van der Waals surface area contributed by atoms with Crippen LogP contribution in [0, 0.1) is 5.92 Å². The van der Waals surface area contributed by atoms with Crippen LogP contribution in [0.25, 0.3) is 0 Å². The van der Waals surface area contributed by atoms with Gasteiger partial charge in [0.05, 0.1) is 0 Å². The Balaban J connectivity index is 4.22. The summed E-state index contributed by atoms with van der Waals surface area (Å²) in [6, 6.07) is 0. The van der Waals surface area contributed by atoms with Crippen molar-refractivity contribution in [1.29, 1.82) is 0 Å². The highest BCUT2D eigenvalue weighted by Crippen LogP contribution is 2.16. The van der Waals surface area contributed by atoms with Crippen LogP contribution in [-0.2, 0) is 28.6 Å². The van der Waals surface area contributed by atoms with Crippen LogP contribution in [0.3, 0.4) is 0 Å². The molecule has 0 radical (unpaired) electrons. The minimum Gasteiger partial charge on any atom is -0.462 e. The number of rotatable bonds is 38. The van der Waals surface area contributed by atoms with Crippen molar-refractivity contribution in [2.24, 2.45) is 5.92 Å². The molecule has 0 saturated carbocycles. The lowest BCUT2D eigenvalue weighted by Gasteiger charge is -2.18. The zero-order valence-corrected chi connectivity index (χ0v) is 33.1. The van der Waals surface area contributed by atoms with Crippen LogP contribution in [0.4, 0.5) is 0 Å². The van der Waals surface area contributed by atoms with Gasteiger partial charge in [0.1, 0.15) is 13.2 Å². The third-order valence-electron chi connectivity index (χ3n) is 9.54. The predicted molar refractivity (Wildman–Crippen MR) is 206 cm³/mol. The molecule has 0 bridgehead atoms. The number of esters is 3. The van der Waals surface area contributed by atoms with Crippen LogP contribution in [-0.4, -0.2) is 37.2 Å². The molecule has 0 saturated heterocycles. The topological polar surface area (TPSA) is 78.9 Å². The van der Waals surface area contributed by atoms with Gasteiger partial charge in [-0.25, -0.2) is 0 Å². The first kappa shape index (κ1) is 47.4. The maximum Gasteiger partial charge on any atom is 0.306 e. The predicted octanol–water partition coefficient (Wildman–Crippen LogP) is 13.2. The summed E-state index contributed by atoms with van der Waals surface area (Å²) >= 11 is 0. The van der Waals surface area contributed by atoms with Crippen LogP contribution in [0.2, 0.25) is 0 Å². The minimum absolute atomic E-state index is 0.0654. The Kier molecular flexibility index (Phi) is 36.4. The second-order valence-electron chi connectivity index (χ2n) is 15.1. The lowest BCUT2D eigenvalue weighted by molar-refractivity contribution is -0.167. The largest absolute Gasteiger partial charge is 0.462 e. The SMILES string of the molecule is CCCCCCCCCCCCCCCC(=O)O[C@H](COC(=O)CCCCCCC)COC(=O)CCCCCCCCCCCCC(C)C. The Morgan fingerprint density at radius 2 is 0.673 bits per heavy atom. The molecule has 0 rings (SSSR count). The highest BCUT2D eigenvalue weighted by Gasteiger charge is 2.19. The molecule has 0 N–H and O–H groups in total. The molecule has 0 fully saturated rings. The molecule has 1 atom stereocenters. The van der Waals surface area contributed by atoms with E-state index in [0.29, 0.717) is 19.3 Å². The molecule has 49 heavy (non-hydrogen) atoms. The number of hydrogen-bond acceptors (Lipinski definition) is 6. The number of hydrogen-bond donors (Lipinski definition) is 0. The van der Waals surface area contributed by atoms with Crippen molar-refractivity contribution in [2.75, 3.05) is 13.2 Å². The average molecular weight is 695 g/mol. The summed E-state index contributed by atoms with van der Waals surface area (Å²) in [4.78, 5) is 37.4. The molecule has 0 aromatic heterocycles. The number of carbonyl (C=O) groups is 3. The third kappa shape index (κ3) is 37.5. The summed E-state index contributed by atoms with van der Waals surface area (Å²) < 4.78 is 16.6. The molecule has 0 spiro atoms.